The highest BCUT2D eigenvalue weighted by Crippen LogP contribution is 2.38. The summed E-state index contributed by atoms with van der Waals surface area (Å²) in [5.41, 5.74) is 2.23. The number of aromatic nitrogens is 1. The van der Waals surface area contributed by atoms with Gasteiger partial charge in [0.05, 0.1) is 19.7 Å². The van der Waals surface area contributed by atoms with Crippen LogP contribution in [0.3, 0.4) is 0 Å². The number of hydrogen-bond acceptors (Lipinski definition) is 5. The van der Waals surface area contributed by atoms with E-state index >= 15 is 0 Å². The summed E-state index contributed by atoms with van der Waals surface area (Å²) in [7, 11) is 3.36. The quantitative estimate of drug-likeness (QED) is 0.910. The van der Waals surface area contributed by atoms with Gasteiger partial charge in [-0.2, -0.15) is 0 Å². The van der Waals surface area contributed by atoms with E-state index in [1.165, 1.54) is 44.5 Å². The summed E-state index contributed by atoms with van der Waals surface area (Å²) in [5, 5.41) is 4.65. The van der Waals surface area contributed by atoms with E-state index in [9.17, 15) is 0 Å². The van der Waals surface area contributed by atoms with Crippen LogP contribution in [0.2, 0.25) is 0 Å². The second-order valence-electron chi connectivity index (χ2n) is 7.49. The first-order valence-corrected chi connectivity index (χ1v) is 9.76. The van der Waals surface area contributed by atoms with E-state index in [4.69, 9.17) is 9.47 Å². The summed E-state index contributed by atoms with van der Waals surface area (Å²) < 4.78 is 11.0. The molecule has 2 saturated heterocycles. The SMILES string of the molecule is COc1cc2nccc(N3CCC[C@H](C4CCNCC4)C3)c2cc1OC. The van der Waals surface area contributed by atoms with Gasteiger partial charge in [-0.25, -0.2) is 0 Å². The molecule has 0 aliphatic carbocycles. The third kappa shape index (κ3) is 3.32. The molecule has 5 nitrogen and oxygen atoms in total. The number of benzene rings is 1. The van der Waals surface area contributed by atoms with Gasteiger partial charge in [-0.1, -0.05) is 0 Å². The molecule has 0 saturated carbocycles. The number of ether oxygens (including phenoxy) is 2. The van der Waals surface area contributed by atoms with Crippen molar-refractivity contribution in [3.63, 3.8) is 0 Å². The van der Waals surface area contributed by atoms with Crippen molar-refractivity contribution in [1.29, 1.82) is 0 Å². The minimum Gasteiger partial charge on any atom is -0.493 e. The summed E-state index contributed by atoms with van der Waals surface area (Å²) in [6, 6.07) is 6.20. The van der Waals surface area contributed by atoms with Crippen molar-refractivity contribution in [1.82, 2.24) is 10.3 Å². The Morgan fingerprint density at radius 1 is 1.04 bits per heavy atom. The summed E-state index contributed by atoms with van der Waals surface area (Å²) in [5.74, 6) is 3.16. The van der Waals surface area contributed by atoms with Crippen molar-refractivity contribution >= 4 is 16.6 Å². The molecule has 1 N–H and O–H groups in total. The summed E-state index contributed by atoms with van der Waals surface area (Å²) in [6.07, 6.45) is 7.19. The molecule has 0 bridgehead atoms. The van der Waals surface area contributed by atoms with Gasteiger partial charge in [-0.15, -0.1) is 0 Å². The molecule has 0 spiro atoms. The van der Waals surface area contributed by atoms with Crippen LogP contribution in [-0.2, 0) is 0 Å². The summed E-state index contributed by atoms with van der Waals surface area (Å²) in [4.78, 5) is 7.12. The fourth-order valence-corrected chi connectivity index (χ4v) is 4.66. The number of fused-ring (bicyclic) bond motifs is 1. The van der Waals surface area contributed by atoms with Crippen LogP contribution >= 0.6 is 0 Å². The second-order valence-corrected chi connectivity index (χ2v) is 7.49. The number of rotatable bonds is 4. The zero-order valence-corrected chi connectivity index (χ0v) is 15.8. The first kappa shape index (κ1) is 17.4. The van der Waals surface area contributed by atoms with Gasteiger partial charge in [0.1, 0.15) is 0 Å². The number of nitrogens with zero attached hydrogens (tertiary/aromatic N) is 2. The second kappa shape index (κ2) is 7.70. The normalized spacial score (nSPS) is 21.8. The standard InChI is InChI=1S/C21H29N3O2/c1-25-20-12-17-18(13-21(20)26-2)23-10-7-19(17)24-11-3-4-16(14-24)15-5-8-22-9-6-15/h7,10,12-13,15-16,22H,3-6,8-9,11,14H2,1-2H3/t16-/m0/s1. The van der Waals surface area contributed by atoms with E-state index in [1.807, 2.05) is 12.3 Å². The molecule has 0 amide bonds. The number of piperidine rings is 2. The zero-order valence-electron chi connectivity index (χ0n) is 15.8. The lowest BCUT2D eigenvalue weighted by Crippen LogP contribution is -2.41. The van der Waals surface area contributed by atoms with Gasteiger partial charge in [0.15, 0.2) is 11.5 Å². The third-order valence-electron chi connectivity index (χ3n) is 6.07. The van der Waals surface area contributed by atoms with Crippen molar-refractivity contribution in [2.75, 3.05) is 45.3 Å². The van der Waals surface area contributed by atoms with Crippen molar-refractivity contribution in [3.8, 4) is 11.5 Å². The first-order valence-electron chi connectivity index (χ1n) is 9.76. The molecule has 1 aromatic carbocycles. The Balaban J connectivity index is 1.64. The number of hydrogen-bond donors (Lipinski definition) is 1. The zero-order chi connectivity index (χ0) is 17.9. The van der Waals surface area contributed by atoms with Crippen LogP contribution in [0.5, 0.6) is 11.5 Å². The Bertz CT molecular complexity index is 758. The highest BCUT2D eigenvalue weighted by molar-refractivity contribution is 5.94. The van der Waals surface area contributed by atoms with E-state index in [2.05, 4.69) is 27.3 Å². The lowest BCUT2D eigenvalue weighted by atomic mass is 9.80. The maximum absolute atomic E-state index is 5.52. The molecular formula is C21H29N3O2. The van der Waals surface area contributed by atoms with Crippen LogP contribution in [0.25, 0.3) is 10.9 Å². The molecule has 26 heavy (non-hydrogen) atoms. The molecular weight excluding hydrogens is 326 g/mol. The van der Waals surface area contributed by atoms with Crippen LogP contribution in [0.15, 0.2) is 24.4 Å². The first-order chi connectivity index (χ1) is 12.8. The molecule has 1 aromatic heterocycles. The van der Waals surface area contributed by atoms with Crippen LogP contribution < -0.4 is 19.7 Å². The van der Waals surface area contributed by atoms with Crippen LogP contribution in [0.4, 0.5) is 5.69 Å². The van der Waals surface area contributed by atoms with Crippen molar-refractivity contribution in [2.45, 2.75) is 25.7 Å². The van der Waals surface area contributed by atoms with Crippen molar-refractivity contribution in [2.24, 2.45) is 11.8 Å². The van der Waals surface area contributed by atoms with E-state index < -0.39 is 0 Å². The lowest BCUT2D eigenvalue weighted by molar-refractivity contribution is 0.230. The van der Waals surface area contributed by atoms with Crippen molar-refractivity contribution in [3.05, 3.63) is 24.4 Å². The number of anilines is 1. The average molecular weight is 355 g/mol. The Morgan fingerprint density at radius 2 is 1.81 bits per heavy atom. The number of methoxy groups -OCH3 is 2. The van der Waals surface area contributed by atoms with Crippen LogP contribution in [0.1, 0.15) is 25.7 Å². The Labute approximate surface area is 155 Å². The predicted octanol–water partition coefficient (Wildman–Crippen LogP) is 3.47. The maximum atomic E-state index is 5.52. The smallest absolute Gasteiger partial charge is 0.162 e. The summed E-state index contributed by atoms with van der Waals surface area (Å²) in [6.45, 7) is 4.62. The monoisotopic (exact) mass is 355 g/mol. The molecule has 2 aliphatic rings. The van der Waals surface area contributed by atoms with Gasteiger partial charge in [0.2, 0.25) is 0 Å². The maximum Gasteiger partial charge on any atom is 0.162 e. The van der Waals surface area contributed by atoms with Gasteiger partial charge in [0.25, 0.3) is 0 Å². The van der Waals surface area contributed by atoms with Gasteiger partial charge < -0.3 is 19.7 Å². The fraction of sp³-hybridized carbons (Fsp3) is 0.571. The lowest BCUT2D eigenvalue weighted by Gasteiger charge is -2.40. The molecule has 140 valence electrons. The highest BCUT2D eigenvalue weighted by Gasteiger charge is 2.29. The van der Waals surface area contributed by atoms with E-state index in [0.717, 1.165) is 47.3 Å². The highest BCUT2D eigenvalue weighted by atomic mass is 16.5. The molecule has 0 unspecified atom stereocenters. The third-order valence-corrected chi connectivity index (χ3v) is 6.07. The molecule has 2 fully saturated rings. The minimum atomic E-state index is 0.732. The molecule has 4 rings (SSSR count). The Morgan fingerprint density at radius 3 is 2.58 bits per heavy atom. The molecule has 5 heteroatoms. The van der Waals surface area contributed by atoms with Crippen LogP contribution in [0, 0.1) is 11.8 Å². The number of nitrogens with one attached hydrogen (secondary N) is 1. The van der Waals surface area contributed by atoms with Crippen molar-refractivity contribution < 1.29 is 9.47 Å². The van der Waals surface area contributed by atoms with E-state index in [1.54, 1.807) is 14.2 Å². The van der Waals surface area contributed by atoms with Crippen LogP contribution in [-0.4, -0.2) is 45.4 Å². The van der Waals surface area contributed by atoms with Gasteiger partial charge in [-0.3, -0.25) is 4.98 Å². The minimum absolute atomic E-state index is 0.732. The average Bonchev–Trinajstić information content (AvgIpc) is 2.73. The van der Waals surface area contributed by atoms with Gasteiger partial charge in [-0.05, 0) is 62.7 Å². The largest absolute Gasteiger partial charge is 0.493 e. The van der Waals surface area contributed by atoms with Gasteiger partial charge in [0, 0.05) is 36.4 Å². The molecule has 3 heterocycles. The topological polar surface area (TPSA) is 46.6 Å². The molecule has 1 atom stereocenters. The summed E-state index contributed by atoms with van der Waals surface area (Å²) >= 11 is 0. The molecule has 2 aromatic rings. The number of pyridine rings is 1. The Kier molecular flexibility index (Phi) is 5.16. The van der Waals surface area contributed by atoms with E-state index in [0.29, 0.717) is 0 Å². The fourth-order valence-electron chi connectivity index (χ4n) is 4.66. The van der Waals surface area contributed by atoms with E-state index in [-0.39, 0.29) is 0 Å². The molecule has 0 radical (unpaired) electrons. The Hall–Kier alpha value is -2.01. The van der Waals surface area contributed by atoms with Gasteiger partial charge >= 0.3 is 0 Å². The predicted molar refractivity (Wildman–Crippen MR) is 105 cm³/mol. The molecule has 2 aliphatic heterocycles.